The maximum absolute atomic E-state index is 13.1. The summed E-state index contributed by atoms with van der Waals surface area (Å²) in [6.45, 7) is 0. The number of hydrogen-bond donors (Lipinski definition) is 0. The molecule has 0 fully saturated rings. The van der Waals surface area contributed by atoms with Crippen molar-refractivity contribution in [3.63, 3.8) is 0 Å². The maximum Gasteiger partial charge on any atom is 0.123 e. The molecule has 0 amide bonds. The van der Waals surface area contributed by atoms with Crippen molar-refractivity contribution in [2.45, 2.75) is 0 Å². The molecule has 0 unspecified atom stereocenters. The van der Waals surface area contributed by atoms with Crippen LogP contribution in [0.5, 0.6) is 0 Å². The monoisotopic (exact) mass is 248 g/mol. The average Bonchev–Trinajstić information content (AvgIpc) is 2.45. The van der Waals surface area contributed by atoms with E-state index >= 15 is 0 Å². The van der Waals surface area contributed by atoms with E-state index < -0.39 is 0 Å². The number of hydrogen-bond acceptors (Lipinski definition) is 2. The lowest BCUT2D eigenvalue weighted by atomic mass is 10.0. The molecule has 0 N–H and O–H groups in total. The second-order valence-corrected chi connectivity index (χ2v) is 3.91. The molecular formula is C16H9FN2. The predicted molar refractivity (Wildman–Crippen MR) is 71.0 cm³/mol. The minimum absolute atomic E-state index is 0.376. The van der Waals surface area contributed by atoms with Crippen LogP contribution in [-0.2, 0) is 0 Å². The van der Waals surface area contributed by atoms with Gasteiger partial charge in [0.1, 0.15) is 5.82 Å². The summed E-state index contributed by atoms with van der Waals surface area (Å²) in [7, 11) is 0. The Kier molecular flexibility index (Phi) is 3.71. The summed E-state index contributed by atoms with van der Waals surface area (Å²) in [6, 6.07) is 16.8. The zero-order chi connectivity index (χ0) is 13.7. The number of nitrogens with zero attached hydrogens (tertiary/aromatic N) is 2. The fourth-order valence-corrected chi connectivity index (χ4v) is 1.66. The summed E-state index contributed by atoms with van der Waals surface area (Å²) in [4.78, 5) is 0. The summed E-state index contributed by atoms with van der Waals surface area (Å²) >= 11 is 0. The van der Waals surface area contributed by atoms with Gasteiger partial charge in [-0.3, -0.25) is 0 Å². The highest BCUT2D eigenvalue weighted by atomic mass is 19.1. The molecule has 2 rings (SSSR count). The third-order valence-electron chi connectivity index (χ3n) is 2.61. The van der Waals surface area contributed by atoms with Gasteiger partial charge in [0.25, 0.3) is 0 Å². The van der Waals surface area contributed by atoms with E-state index in [1.54, 1.807) is 42.5 Å². The van der Waals surface area contributed by atoms with Crippen LogP contribution in [0.2, 0.25) is 0 Å². The van der Waals surface area contributed by atoms with Crippen molar-refractivity contribution in [3.05, 3.63) is 71.0 Å². The van der Waals surface area contributed by atoms with Crippen LogP contribution >= 0.6 is 0 Å². The van der Waals surface area contributed by atoms with Crippen molar-refractivity contribution in [2.75, 3.05) is 0 Å². The molecule has 0 radical (unpaired) electrons. The predicted octanol–water partition coefficient (Wildman–Crippen LogP) is 3.76. The Bertz CT molecular complexity index is 701. The molecule has 0 atom stereocenters. The van der Waals surface area contributed by atoms with E-state index in [4.69, 9.17) is 10.5 Å². The van der Waals surface area contributed by atoms with Crippen molar-refractivity contribution >= 4 is 11.6 Å². The Balaban J connectivity index is 2.39. The van der Waals surface area contributed by atoms with Crippen molar-refractivity contribution < 1.29 is 4.39 Å². The van der Waals surface area contributed by atoms with Gasteiger partial charge in [-0.1, -0.05) is 24.3 Å². The average molecular weight is 248 g/mol. The van der Waals surface area contributed by atoms with Gasteiger partial charge in [-0.15, -0.1) is 0 Å². The standard InChI is InChI=1S/C16H9FN2/c17-16-3-1-2-14(9-16)15(11-19)8-12-4-6-13(10-18)7-5-12/h1-9H. The van der Waals surface area contributed by atoms with Crippen LogP contribution in [0.15, 0.2) is 48.5 Å². The third-order valence-corrected chi connectivity index (χ3v) is 2.61. The molecule has 0 aliphatic rings. The van der Waals surface area contributed by atoms with Crippen molar-refractivity contribution in [1.82, 2.24) is 0 Å². The molecule has 90 valence electrons. The zero-order valence-electron chi connectivity index (χ0n) is 9.97. The first kappa shape index (κ1) is 12.5. The molecule has 0 aliphatic carbocycles. The van der Waals surface area contributed by atoms with E-state index in [0.717, 1.165) is 5.56 Å². The lowest BCUT2D eigenvalue weighted by Crippen LogP contribution is -1.84. The summed E-state index contributed by atoms with van der Waals surface area (Å²) in [6.07, 6.45) is 1.66. The Morgan fingerprint density at radius 2 is 1.79 bits per heavy atom. The second-order valence-electron chi connectivity index (χ2n) is 3.91. The lowest BCUT2D eigenvalue weighted by molar-refractivity contribution is 0.627. The van der Waals surface area contributed by atoms with Crippen LogP contribution in [0.25, 0.3) is 11.6 Å². The molecule has 0 saturated carbocycles. The molecule has 2 aromatic rings. The van der Waals surface area contributed by atoms with Crippen molar-refractivity contribution in [3.8, 4) is 12.1 Å². The van der Waals surface area contributed by atoms with Crippen LogP contribution in [0.4, 0.5) is 4.39 Å². The van der Waals surface area contributed by atoms with Crippen LogP contribution in [0.3, 0.4) is 0 Å². The van der Waals surface area contributed by atoms with Crippen LogP contribution in [0, 0.1) is 28.5 Å². The van der Waals surface area contributed by atoms with Gasteiger partial charge < -0.3 is 0 Å². The summed E-state index contributed by atoms with van der Waals surface area (Å²) in [5.41, 5.74) is 2.26. The smallest absolute Gasteiger partial charge is 0.123 e. The van der Waals surface area contributed by atoms with Gasteiger partial charge in [0, 0.05) is 0 Å². The summed E-state index contributed by atoms with van der Waals surface area (Å²) < 4.78 is 13.1. The van der Waals surface area contributed by atoms with Gasteiger partial charge in [0.05, 0.1) is 23.3 Å². The van der Waals surface area contributed by atoms with Crippen molar-refractivity contribution in [1.29, 1.82) is 10.5 Å². The topological polar surface area (TPSA) is 47.6 Å². The Morgan fingerprint density at radius 1 is 1.05 bits per heavy atom. The van der Waals surface area contributed by atoms with E-state index in [1.807, 2.05) is 6.07 Å². The highest BCUT2D eigenvalue weighted by Crippen LogP contribution is 2.18. The van der Waals surface area contributed by atoms with Gasteiger partial charge in [0.2, 0.25) is 0 Å². The van der Waals surface area contributed by atoms with Gasteiger partial charge in [-0.05, 0) is 41.5 Å². The molecule has 0 saturated heterocycles. The zero-order valence-corrected chi connectivity index (χ0v) is 9.97. The van der Waals surface area contributed by atoms with E-state index in [-0.39, 0.29) is 5.82 Å². The number of allylic oxidation sites excluding steroid dienone is 1. The van der Waals surface area contributed by atoms with E-state index in [1.165, 1.54) is 12.1 Å². The molecule has 2 aromatic carbocycles. The minimum atomic E-state index is -0.376. The van der Waals surface area contributed by atoms with E-state index in [0.29, 0.717) is 16.7 Å². The van der Waals surface area contributed by atoms with Gasteiger partial charge >= 0.3 is 0 Å². The molecule has 3 heteroatoms. The fraction of sp³-hybridized carbons (Fsp3) is 0. The van der Waals surface area contributed by atoms with Gasteiger partial charge in [-0.25, -0.2) is 4.39 Å². The lowest BCUT2D eigenvalue weighted by Gasteiger charge is -2.00. The van der Waals surface area contributed by atoms with Gasteiger partial charge in [-0.2, -0.15) is 10.5 Å². The first-order chi connectivity index (χ1) is 9.22. The Hall–Kier alpha value is -2.91. The number of nitriles is 2. The summed E-state index contributed by atoms with van der Waals surface area (Å²) in [5.74, 6) is -0.376. The number of halogens is 1. The maximum atomic E-state index is 13.1. The summed E-state index contributed by atoms with van der Waals surface area (Å²) in [5, 5.41) is 17.8. The van der Waals surface area contributed by atoms with E-state index in [2.05, 4.69) is 6.07 Å². The highest BCUT2D eigenvalue weighted by molar-refractivity contribution is 5.89. The molecule has 0 heterocycles. The molecule has 0 aliphatic heterocycles. The van der Waals surface area contributed by atoms with Crippen molar-refractivity contribution in [2.24, 2.45) is 0 Å². The second kappa shape index (κ2) is 5.62. The molecule has 0 spiro atoms. The normalized spacial score (nSPS) is 10.6. The highest BCUT2D eigenvalue weighted by Gasteiger charge is 2.02. The molecule has 0 bridgehead atoms. The Morgan fingerprint density at radius 3 is 2.37 bits per heavy atom. The van der Waals surface area contributed by atoms with E-state index in [9.17, 15) is 4.39 Å². The van der Waals surface area contributed by atoms with Crippen LogP contribution in [0.1, 0.15) is 16.7 Å². The quantitative estimate of drug-likeness (QED) is 0.600. The molecule has 19 heavy (non-hydrogen) atoms. The first-order valence-electron chi connectivity index (χ1n) is 5.61. The minimum Gasteiger partial charge on any atom is -0.207 e. The Labute approximate surface area is 110 Å². The van der Waals surface area contributed by atoms with Gasteiger partial charge in [0.15, 0.2) is 0 Å². The number of rotatable bonds is 2. The molecule has 0 aromatic heterocycles. The van der Waals surface area contributed by atoms with Crippen LogP contribution < -0.4 is 0 Å². The first-order valence-corrected chi connectivity index (χ1v) is 5.61. The molecule has 2 nitrogen and oxygen atoms in total. The SMILES string of the molecule is N#CC(=Cc1ccc(C#N)cc1)c1cccc(F)c1. The number of benzene rings is 2. The largest absolute Gasteiger partial charge is 0.207 e. The third kappa shape index (κ3) is 3.06. The van der Waals surface area contributed by atoms with Crippen LogP contribution in [-0.4, -0.2) is 0 Å². The molecular weight excluding hydrogens is 239 g/mol. The fourth-order valence-electron chi connectivity index (χ4n) is 1.66.